The van der Waals surface area contributed by atoms with Gasteiger partial charge in [0.05, 0.1) is 28.8 Å². The molecule has 0 spiro atoms. The lowest BCUT2D eigenvalue weighted by molar-refractivity contribution is 0.0663. The Balaban J connectivity index is 1.75. The van der Waals surface area contributed by atoms with E-state index in [1.165, 1.54) is 0 Å². The van der Waals surface area contributed by atoms with E-state index in [-0.39, 0.29) is 12.5 Å². The van der Waals surface area contributed by atoms with Crippen LogP contribution < -0.4 is 5.73 Å². The molecule has 0 radical (unpaired) electrons. The first-order valence-electron chi connectivity index (χ1n) is 9.78. The second-order valence-electron chi connectivity index (χ2n) is 7.25. The number of nitrogens with zero attached hydrogens (tertiary/aromatic N) is 5. The molecule has 0 saturated carbocycles. The Morgan fingerprint density at radius 3 is 2.58 bits per heavy atom. The average Bonchev–Trinajstić information content (AvgIpc) is 2.79. The van der Waals surface area contributed by atoms with E-state index in [2.05, 4.69) is 19.9 Å². The number of nitrogens with two attached hydrogens (primary N) is 1. The maximum absolute atomic E-state index is 13.6. The number of carbonyl (C=O) groups is 1. The fourth-order valence-electron chi connectivity index (χ4n) is 3.34. The molecule has 156 valence electrons. The third-order valence-corrected chi connectivity index (χ3v) is 5.48. The summed E-state index contributed by atoms with van der Waals surface area (Å²) in [6.45, 7) is 3.99. The van der Waals surface area contributed by atoms with E-state index < -0.39 is 6.04 Å². The zero-order valence-electron chi connectivity index (χ0n) is 17.2. The van der Waals surface area contributed by atoms with Gasteiger partial charge in [-0.2, -0.15) is 0 Å². The predicted molar refractivity (Wildman–Crippen MR) is 120 cm³/mol. The van der Waals surface area contributed by atoms with Crippen LogP contribution in [0.3, 0.4) is 0 Å². The normalized spacial score (nSPS) is 12.0. The van der Waals surface area contributed by atoms with Gasteiger partial charge in [0, 0.05) is 29.5 Å². The first-order chi connectivity index (χ1) is 14.9. The summed E-state index contributed by atoms with van der Waals surface area (Å²) in [4.78, 5) is 32.7. The minimum Gasteiger partial charge on any atom is -0.383 e. The van der Waals surface area contributed by atoms with Gasteiger partial charge in [0.1, 0.15) is 11.6 Å². The molecule has 0 saturated heterocycles. The summed E-state index contributed by atoms with van der Waals surface area (Å²) in [5, 5.41) is 1.34. The Hall–Kier alpha value is -3.58. The molecular weight excluding hydrogens is 412 g/mol. The van der Waals surface area contributed by atoms with Crippen LogP contribution in [0.2, 0.25) is 5.02 Å². The lowest BCUT2D eigenvalue weighted by atomic mass is 10.1. The first kappa shape index (κ1) is 20.7. The summed E-state index contributed by atoms with van der Waals surface area (Å²) < 4.78 is 0. The maximum atomic E-state index is 13.6. The number of pyridine rings is 2. The van der Waals surface area contributed by atoms with Crippen molar-refractivity contribution in [1.29, 1.82) is 0 Å². The first-order valence-corrected chi connectivity index (χ1v) is 10.2. The number of rotatable bonds is 5. The Bertz CT molecular complexity index is 1250. The molecule has 1 unspecified atom stereocenters. The van der Waals surface area contributed by atoms with Crippen LogP contribution in [0.4, 0.5) is 5.82 Å². The lowest BCUT2D eigenvalue weighted by Crippen LogP contribution is -2.34. The number of hydrogen-bond acceptors (Lipinski definition) is 6. The van der Waals surface area contributed by atoms with Crippen molar-refractivity contribution in [2.75, 3.05) is 5.73 Å². The van der Waals surface area contributed by atoms with Gasteiger partial charge in [0.25, 0.3) is 5.91 Å². The Labute approximate surface area is 184 Å². The fourth-order valence-corrected chi connectivity index (χ4v) is 3.52. The van der Waals surface area contributed by atoms with Crippen molar-refractivity contribution in [2.24, 2.45) is 0 Å². The Morgan fingerprint density at radius 2 is 1.84 bits per heavy atom. The second kappa shape index (κ2) is 8.65. The topological polar surface area (TPSA) is 97.9 Å². The van der Waals surface area contributed by atoms with Crippen molar-refractivity contribution in [3.63, 3.8) is 0 Å². The number of aryl methyl sites for hydroxylation is 1. The molecule has 1 atom stereocenters. The molecule has 8 heteroatoms. The molecule has 7 nitrogen and oxygen atoms in total. The summed E-state index contributed by atoms with van der Waals surface area (Å²) in [6.07, 6.45) is 4.97. The second-order valence-corrected chi connectivity index (χ2v) is 7.65. The van der Waals surface area contributed by atoms with Gasteiger partial charge in [-0.05, 0) is 61.9 Å². The highest BCUT2D eigenvalue weighted by Crippen LogP contribution is 2.26. The predicted octanol–water partition coefficient (Wildman–Crippen LogP) is 4.37. The molecule has 3 heterocycles. The van der Waals surface area contributed by atoms with Gasteiger partial charge in [-0.15, -0.1) is 0 Å². The van der Waals surface area contributed by atoms with Gasteiger partial charge in [-0.3, -0.25) is 9.78 Å². The van der Waals surface area contributed by atoms with E-state index in [1.807, 2.05) is 26.0 Å². The van der Waals surface area contributed by atoms with Gasteiger partial charge in [0.2, 0.25) is 0 Å². The summed E-state index contributed by atoms with van der Waals surface area (Å²) in [5.74, 6) is 0.833. The van der Waals surface area contributed by atoms with Gasteiger partial charge in [-0.25, -0.2) is 15.0 Å². The largest absolute Gasteiger partial charge is 0.383 e. The Morgan fingerprint density at radius 1 is 1.10 bits per heavy atom. The summed E-state index contributed by atoms with van der Waals surface area (Å²) >= 11 is 6.33. The molecule has 0 aliphatic rings. The minimum absolute atomic E-state index is 0.182. The van der Waals surface area contributed by atoms with E-state index in [9.17, 15) is 4.79 Å². The Kier molecular flexibility index (Phi) is 5.77. The number of carbonyl (C=O) groups excluding carboxylic acids is 1. The van der Waals surface area contributed by atoms with Crippen molar-refractivity contribution in [3.05, 3.63) is 88.7 Å². The number of halogens is 1. The van der Waals surface area contributed by atoms with E-state index in [0.717, 1.165) is 16.5 Å². The molecule has 1 aromatic carbocycles. The molecule has 4 aromatic rings. The van der Waals surface area contributed by atoms with Crippen LogP contribution in [0.5, 0.6) is 0 Å². The molecule has 0 fully saturated rings. The minimum atomic E-state index is -0.395. The van der Waals surface area contributed by atoms with Crippen LogP contribution in [0, 0.1) is 6.92 Å². The molecular formula is C23H21ClN6O. The summed E-state index contributed by atoms with van der Waals surface area (Å²) in [5.41, 5.74) is 8.64. The number of aromatic nitrogens is 4. The van der Waals surface area contributed by atoms with Crippen molar-refractivity contribution >= 4 is 34.2 Å². The molecule has 2 N–H and O–H groups in total. The maximum Gasteiger partial charge on any atom is 0.254 e. The summed E-state index contributed by atoms with van der Waals surface area (Å²) in [7, 11) is 0. The molecule has 4 rings (SSSR count). The van der Waals surface area contributed by atoms with E-state index >= 15 is 0 Å². The fraction of sp³-hybridized carbons (Fsp3) is 0.174. The van der Waals surface area contributed by atoms with E-state index in [1.54, 1.807) is 53.8 Å². The van der Waals surface area contributed by atoms with Crippen molar-refractivity contribution in [3.8, 4) is 0 Å². The van der Waals surface area contributed by atoms with Gasteiger partial charge in [0.15, 0.2) is 0 Å². The number of amides is 1. The highest BCUT2D eigenvalue weighted by atomic mass is 35.5. The molecule has 1 amide bonds. The van der Waals surface area contributed by atoms with Gasteiger partial charge < -0.3 is 10.6 Å². The van der Waals surface area contributed by atoms with Crippen LogP contribution in [0.1, 0.15) is 40.4 Å². The number of anilines is 1. The number of nitrogen functional groups attached to an aromatic ring is 1. The van der Waals surface area contributed by atoms with Crippen molar-refractivity contribution in [2.45, 2.75) is 26.4 Å². The number of fused-ring (bicyclic) bond motifs is 1. The van der Waals surface area contributed by atoms with Gasteiger partial charge in [-0.1, -0.05) is 11.6 Å². The average molecular weight is 433 g/mol. The third-order valence-electron chi connectivity index (χ3n) is 5.13. The zero-order chi connectivity index (χ0) is 22.0. The summed E-state index contributed by atoms with van der Waals surface area (Å²) in [6, 6.07) is 12.2. The van der Waals surface area contributed by atoms with Crippen LogP contribution >= 0.6 is 11.6 Å². The zero-order valence-corrected chi connectivity index (χ0v) is 17.9. The molecule has 3 aromatic heterocycles. The smallest absolute Gasteiger partial charge is 0.254 e. The van der Waals surface area contributed by atoms with Gasteiger partial charge >= 0.3 is 0 Å². The molecule has 0 bridgehead atoms. The molecule has 31 heavy (non-hydrogen) atoms. The lowest BCUT2D eigenvalue weighted by Gasteiger charge is -2.28. The molecule has 0 aliphatic carbocycles. The van der Waals surface area contributed by atoms with E-state index in [0.29, 0.717) is 27.9 Å². The van der Waals surface area contributed by atoms with Crippen LogP contribution in [0.25, 0.3) is 10.9 Å². The highest BCUT2D eigenvalue weighted by molar-refractivity contribution is 6.31. The van der Waals surface area contributed by atoms with E-state index in [4.69, 9.17) is 17.3 Å². The van der Waals surface area contributed by atoms with Crippen LogP contribution in [-0.2, 0) is 6.54 Å². The van der Waals surface area contributed by atoms with Crippen LogP contribution in [0.15, 0.2) is 61.1 Å². The SMILES string of the molecule is Cc1cc2cc(C(=O)N(Cc3ncccc3Cl)C(C)c3ncccn3)ccc2nc1N. The van der Waals surface area contributed by atoms with Crippen LogP contribution in [-0.4, -0.2) is 30.7 Å². The number of benzene rings is 1. The van der Waals surface area contributed by atoms with Crippen molar-refractivity contribution in [1.82, 2.24) is 24.8 Å². The quantitative estimate of drug-likeness (QED) is 0.503. The third kappa shape index (κ3) is 4.32. The highest BCUT2D eigenvalue weighted by Gasteiger charge is 2.26. The molecule has 0 aliphatic heterocycles. The standard InChI is InChI=1S/C23H21ClN6O/c1-14-11-17-12-16(6-7-19(17)29-21(14)25)23(31)30(13-20-18(24)5-3-8-26-20)15(2)22-27-9-4-10-28-22/h3-12,15H,13H2,1-2H3,(H2,25,29). The number of hydrogen-bond donors (Lipinski definition) is 1. The monoisotopic (exact) mass is 432 g/mol. The van der Waals surface area contributed by atoms with Crippen molar-refractivity contribution < 1.29 is 4.79 Å².